The Balaban J connectivity index is 2.01. The Morgan fingerprint density at radius 2 is 1.52 bits per heavy atom. The second-order valence-electron chi connectivity index (χ2n) is 8.26. The first-order chi connectivity index (χ1) is 14.4. The standard InChI is InChI=1S/C25H29NSi/c1-18-16-24(26-17-25(18)27(2,3)4)23-15-14-20(19-10-6-5-7-11-19)21-12-8-9-13-22(21)23/h5-7,10-11,14-17H,8-9,12-13H2,1-4H3/i12D2,13D2. The van der Waals surface area contributed by atoms with Gasteiger partial charge in [-0.3, -0.25) is 4.98 Å². The first-order valence-electron chi connectivity index (χ1n) is 11.6. The summed E-state index contributed by atoms with van der Waals surface area (Å²) < 4.78 is 35.2. The molecule has 0 radical (unpaired) electrons. The number of rotatable bonds is 3. The molecule has 2 aromatic carbocycles. The first-order valence-corrected chi connectivity index (χ1v) is 13.1. The number of hydrogen-bond donors (Lipinski definition) is 0. The average molecular weight is 376 g/mol. The van der Waals surface area contributed by atoms with Crippen LogP contribution < -0.4 is 5.19 Å². The number of hydrogen-bond acceptors (Lipinski definition) is 1. The van der Waals surface area contributed by atoms with Gasteiger partial charge in [0.1, 0.15) is 0 Å². The Morgan fingerprint density at radius 3 is 2.15 bits per heavy atom. The van der Waals surface area contributed by atoms with Crippen LogP contribution in [0.1, 0.15) is 35.0 Å². The molecular formula is C25H29NSi. The van der Waals surface area contributed by atoms with E-state index in [4.69, 9.17) is 10.5 Å². The maximum absolute atomic E-state index is 8.81. The van der Waals surface area contributed by atoms with Crippen LogP contribution in [0.4, 0.5) is 0 Å². The molecule has 1 aliphatic carbocycles. The Hall–Kier alpha value is -2.19. The van der Waals surface area contributed by atoms with E-state index in [1.165, 1.54) is 10.8 Å². The molecule has 4 rings (SSSR count). The third-order valence-corrected chi connectivity index (χ3v) is 7.35. The fourth-order valence-electron chi connectivity index (χ4n) is 3.91. The normalized spacial score (nSPS) is 20.0. The van der Waals surface area contributed by atoms with E-state index < -0.39 is 20.8 Å². The summed E-state index contributed by atoms with van der Waals surface area (Å²) in [4.78, 5) is 4.75. The van der Waals surface area contributed by atoms with Gasteiger partial charge in [0, 0.05) is 17.2 Å². The number of nitrogens with zero attached hydrogens (tertiary/aromatic N) is 1. The topological polar surface area (TPSA) is 12.9 Å². The third-order valence-electron chi connectivity index (χ3n) is 5.21. The lowest BCUT2D eigenvalue weighted by atomic mass is 9.82. The maximum atomic E-state index is 8.81. The van der Waals surface area contributed by atoms with Gasteiger partial charge in [0.25, 0.3) is 0 Å². The minimum Gasteiger partial charge on any atom is -0.256 e. The Labute approximate surface area is 170 Å². The molecule has 2 heteroatoms. The van der Waals surface area contributed by atoms with Crippen molar-refractivity contribution >= 4 is 13.3 Å². The lowest BCUT2D eigenvalue weighted by molar-refractivity contribution is 0.688. The zero-order chi connectivity index (χ0) is 22.6. The molecule has 0 N–H and O–H groups in total. The molecule has 138 valence electrons. The summed E-state index contributed by atoms with van der Waals surface area (Å²) in [5.74, 6) is 0. The Bertz CT molecular complexity index is 1130. The van der Waals surface area contributed by atoms with E-state index in [-0.39, 0.29) is 12.8 Å². The van der Waals surface area contributed by atoms with E-state index in [1.807, 2.05) is 54.7 Å². The molecule has 1 heterocycles. The molecule has 0 atom stereocenters. The highest BCUT2D eigenvalue weighted by molar-refractivity contribution is 6.89. The van der Waals surface area contributed by atoms with Gasteiger partial charge in [0.15, 0.2) is 0 Å². The van der Waals surface area contributed by atoms with Gasteiger partial charge >= 0.3 is 0 Å². The van der Waals surface area contributed by atoms with Gasteiger partial charge in [0.05, 0.1) is 13.8 Å². The second-order valence-corrected chi connectivity index (χ2v) is 13.3. The Kier molecular flexibility index (Phi) is 3.65. The van der Waals surface area contributed by atoms with Crippen LogP contribution in [0.2, 0.25) is 19.6 Å². The number of benzene rings is 2. The smallest absolute Gasteiger partial charge is 0.0799 e. The van der Waals surface area contributed by atoms with Gasteiger partial charge in [-0.1, -0.05) is 62.1 Å². The van der Waals surface area contributed by atoms with E-state index in [0.717, 1.165) is 16.8 Å². The number of pyridine rings is 1. The summed E-state index contributed by atoms with van der Waals surface area (Å²) in [6.07, 6.45) is -0.952. The van der Waals surface area contributed by atoms with Crippen molar-refractivity contribution in [1.29, 1.82) is 0 Å². The number of fused-ring (bicyclic) bond motifs is 1. The molecule has 27 heavy (non-hydrogen) atoms. The van der Waals surface area contributed by atoms with Crippen molar-refractivity contribution in [2.45, 2.75) is 52.2 Å². The zero-order valence-corrected chi connectivity index (χ0v) is 17.6. The summed E-state index contributed by atoms with van der Waals surface area (Å²) in [6.45, 7) is 8.97. The van der Waals surface area contributed by atoms with Crippen molar-refractivity contribution in [1.82, 2.24) is 4.98 Å². The van der Waals surface area contributed by atoms with Crippen molar-refractivity contribution < 1.29 is 5.48 Å². The number of aromatic nitrogens is 1. The highest BCUT2D eigenvalue weighted by Gasteiger charge is 2.22. The van der Waals surface area contributed by atoms with Gasteiger partial charge in [-0.15, -0.1) is 0 Å². The zero-order valence-electron chi connectivity index (χ0n) is 20.6. The van der Waals surface area contributed by atoms with Gasteiger partial charge in [-0.2, -0.15) is 0 Å². The largest absolute Gasteiger partial charge is 0.256 e. The van der Waals surface area contributed by atoms with E-state index in [1.54, 1.807) is 0 Å². The van der Waals surface area contributed by atoms with Crippen LogP contribution in [-0.4, -0.2) is 13.1 Å². The van der Waals surface area contributed by atoms with Gasteiger partial charge in [-0.25, -0.2) is 0 Å². The second kappa shape index (κ2) is 7.08. The SMILES string of the molecule is [2H]C1([2H])CCC([2H])([2H])c2c(-c3cc(C)c([Si](C)(C)C)cn3)ccc(-c3ccccc3)c21. The van der Waals surface area contributed by atoms with E-state index in [9.17, 15) is 0 Å². The average Bonchev–Trinajstić information content (AvgIpc) is 2.70. The van der Waals surface area contributed by atoms with E-state index in [0.29, 0.717) is 16.7 Å². The molecule has 0 spiro atoms. The lowest BCUT2D eigenvalue weighted by Crippen LogP contribution is -2.39. The van der Waals surface area contributed by atoms with Crippen LogP contribution in [0.3, 0.4) is 0 Å². The highest BCUT2D eigenvalue weighted by Crippen LogP contribution is 2.37. The molecule has 0 fully saturated rings. The molecule has 1 aromatic heterocycles. The minimum atomic E-state index is -1.62. The highest BCUT2D eigenvalue weighted by atomic mass is 28.3. The van der Waals surface area contributed by atoms with E-state index >= 15 is 0 Å². The van der Waals surface area contributed by atoms with E-state index in [2.05, 4.69) is 26.6 Å². The molecule has 0 saturated heterocycles. The van der Waals surface area contributed by atoms with Gasteiger partial charge in [0.2, 0.25) is 0 Å². The molecule has 0 bridgehead atoms. The molecule has 1 nitrogen and oxygen atoms in total. The molecular weight excluding hydrogens is 342 g/mol. The van der Waals surface area contributed by atoms with Crippen molar-refractivity contribution in [2.75, 3.05) is 0 Å². The van der Waals surface area contributed by atoms with Crippen LogP contribution in [0.15, 0.2) is 54.7 Å². The molecule has 3 aromatic rings. The quantitative estimate of drug-likeness (QED) is 0.500. The van der Waals surface area contributed by atoms with Crippen LogP contribution in [0.5, 0.6) is 0 Å². The molecule has 0 amide bonds. The van der Waals surface area contributed by atoms with Crippen LogP contribution >= 0.6 is 0 Å². The Morgan fingerprint density at radius 1 is 0.889 bits per heavy atom. The fourth-order valence-corrected chi connectivity index (χ4v) is 5.61. The lowest BCUT2D eigenvalue weighted by Gasteiger charge is -2.24. The summed E-state index contributed by atoms with van der Waals surface area (Å²) in [5.41, 5.74) is 5.20. The summed E-state index contributed by atoms with van der Waals surface area (Å²) >= 11 is 0. The maximum Gasteiger partial charge on any atom is 0.0799 e. The summed E-state index contributed by atoms with van der Waals surface area (Å²) in [5, 5.41) is 1.30. The van der Waals surface area contributed by atoms with Crippen molar-refractivity contribution in [3.8, 4) is 22.4 Å². The van der Waals surface area contributed by atoms with Gasteiger partial charge in [-0.05, 0) is 71.6 Å². The third kappa shape index (κ3) is 3.51. The molecule has 0 saturated carbocycles. The van der Waals surface area contributed by atoms with Crippen LogP contribution in [-0.2, 0) is 12.7 Å². The monoisotopic (exact) mass is 375 g/mol. The van der Waals surface area contributed by atoms with Crippen LogP contribution in [0, 0.1) is 6.92 Å². The van der Waals surface area contributed by atoms with Gasteiger partial charge < -0.3 is 0 Å². The summed E-state index contributed by atoms with van der Waals surface area (Å²) in [6, 6.07) is 15.6. The number of aryl methyl sites for hydroxylation is 1. The molecule has 1 aliphatic rings. The first kappa shape index (κ1) is 13.9. The van der Waals surface area contributed by atoms with Crippen molar-refractivity contribution in [2.24, 2.45) is 0 Å². The van der Waals surface area contributed by atoms with Crippen molar-refractivity contribution in [3.05, 3.63) is 71.4 Å². The summed E-state index contributed by atoms with van der Waals surface area (Å²) in [7, 11) is -1.53. The van der Waals surface area contributed by atoms with Crippen LogP contribution in [0.25, 0.3) is 22.4 Å². The minimum absolute atomic E-state index is 0.157. The predicted octanol–water partition coefficient (Wildman–Crippen LogP) is 6.15. The molecule has 0 aliphatic heterocycles. The fraction of sp³-hybridized carbons (Fsp3) is 0.320. The predicted molar refractivity (Wildman–Crippen MR) is 119 cm³/mol. The molecule has 0 unspecified atom stereocenters. The van der Waals surface area contributed by atoms with Crippen molar-refractivity contribution in [3.63, 3.8) is 0 Å².